The third kappa shape index (κ3) is 6.40. The predicted molar refractivity (Wildman–Crippen MR) is 81.5 cm³/mol. The van der Waals surface area contributed by atoms with Crippen molar-refractivity contribution in [1.82, 2.24) is 5.32 Å². The number of benzene rings is 1. The number of hydrogen-bond acceptors (Lipinski definition) is 1. The van der Waals surface area contributed by atoms with Gasteiger partial charge in [-0.15, -0.1) is 0 Å². The Morgan fingerprint density at radius 2 is 1.84 bits per heavy atom. The van der Waals surface area contributed by atoms with Gasteiger partial charge >= 0.3 is 0 Å². The summed E-state index contributed by atoms with van der Waals surface area (Å²) >= 11 is 6.05. The minimum absolute atomic E-state index is 0.192. The standard InChI is InChI=1S/C16H25ClFN/c1-12-10-13(14(17)11-15(12)18)8-6-5-7-9-19-16(2,3)4/h10-11,19H,5-9H2,1-4H3. The molecule has 0 radical (unpaired) electrons. The van der Waals surface area contributed by atoms with E-state index in [1.54, 1.807) is 6.92 Å². The monoisotopic (exact) mass is 285 g/mol. The van der Waals surface area contributed by atoms with Crippen molar-refractivity contribution in [3.05, 3.63) is 34.1 Å². The van der Waals surface area contributed by atoms with Crippen LogP contribution in [0.4, 0.5) is 4.39 Å². The van der Waals surface area contributed by atoms with Crippen molar-refractivity contribution in [2.45, 2.75) is 58.9 Å². The first-order valence-corrected chi connectivity index (χ1v) is 7.37. The summed E-state index contributed by atoms with van der Waals surface area (Å²) in [5.74, 6) is -0.219. The molecule has 0 aliphatic heterocycles. The number of hydrogen-bond donors (Lipinski definition) is 1. The van der Waals surface area contributed by atoms with E-state index in [-0.39, 0.29) is 11.4 Å². The molecule has 1 N–H and O–H groups in total. The lowest BCUT2D eigenvalue weighted by Crippen LogP contribution is -2.36. The second-order valence-corrected chi connectivity index (χ2v) is 6.59. The Kier molecular flexibility index (Phi) is 6.28. The predicted octanol–water partition coefficient (Wildman–Crippen LogP) is 4.89. The van der Waals surface area contributed by atoms with Crippen LogP contribution in [-0.2, 0) is 6.42 Å². The summed E-state index contributed by atoms with van der Waals surface area (Å²) in [4.78, 5) is 0. The highest BCUT2D eigenvalue weighted by Gasteiger charge is 2.08. The fourth-order valence-corrected chi connectivity index (χ4v) is 2.23. The zero-order valence-electron chi connectivity index (χ0n) is 12.4. The minimum atomic E-state index is -0.219. The Morgan fingerprint density at radius 3 is 2.47 bits per heavy atom. The van der Waals surface area contributed by atoms with Crippen molar-refractivity contribution in [1.29, 1.82) is 0 Å². The maximum absolute atomic E-state index is 13.3. The molecule has 108 valence electrons. The van der Waals surface area contributed by atoms with E-state index in [9.17, 15) is 4.39 Å². The maximum Gasteiger partial charge on any atom is 0.127 e. The first-order valence-electron chi connectivity index (χ1n) is 6.99. The van der Waals surface area contributed by atoms with E-state index in [2.05, 4.69) is 26.1 Å². The molecule has 0 bridgehead atoms. The summed E-state index contributed by atoms with van der Waals surface area (Å²) in [5.41, 5.74) is 1.93. The maximum atomic E-state index is 13.3. The van der Waals surface area contributed by atoms with Crippen LogP contribution in [-0.4, -0.2) is 12.1 Å². The van der Waals surface area contributed by atoms with Crippen LogP contribution in [0, 0.1) is 12.7 Å². The molecule has 0 spiro atoms. The summed E-state index contributed by atoms with van der Waals surface area (Å²) in [6, 6.07) is 3.29. The summed E-state index contributed by atoms with van der Waals surface area (Å²) < 4.78 is 13.3. The summed E-state index contributed by atoms with van der Waals surface area (Å²) in [7, 11) is 0. The lowest BCUT2D eigenvalue weighted by molar-refractivity contribution is 0.417. The second-order valence-electron chi connectivity index (χ2n) is 6.18. The van der Waals surface area contributed by atoms with Crippen LogP contribution >= 0.6 is 11.6 Å². The second kappa shape index (κ2) is 7.25. The molecule has 0 atom stereocenters. The number of nitrogens with one attached hydrogen (secondary N) is 1. The third-order valence-corrected chi connectivity index (χ3v) is 3.46. The zero-order valence-corrected chi connectivity index (χ0v) is 13.2. The van der Waals surface area contributed by atoms with Gasteiger partial charge in [-0.1, -0.05) is 24.1 Å². The van der Waals surface area contributed by atoms with Gasteiger partial charge < -0.3 is 5.32 Å². The molecule has 1 nitrogen and oxygen atoms in total. The van der Waals surface area contributed by atoms with E-state index in [1.165, 1.54) is 6.07 Å². The lowest BCUT2D eigenvalue weighted by Gasteiger charge is -2.20. The molecular formula is C16H25ClFN. The molecule has 19 heavy (non-hydrogen) atoms. The van der Waals surface area contributed by atoms with Crippen LogP contribution in [0.25, 0.3) is 0 Å². The number of rotatable bonds is 6. The average molecular weight is 286 g/mol. The van der Waals surface area contributed by atoms with Gasteiger partial charge in [0, 0.05) is 10.6 Å². The van der Waals surface area contributed by atoms with Crippen molar-refractivity contribution < 1.29 is 4.39 Å². The van der Waals surface area contributed by atoms with Gasteiger partial charge in [-0.3, -0.25) is 0 Å². The Morgan fingerprint density at radius 1 is 1.16 bits per heavy atom. The first kappa shape index (κ1) is 16.5. The summed E-state index contributed by atoms with van der Waals surface area (Å²) in [6.45, 7) is 9.35. The third-order valence-electron chi connectivity index (χ3n) is 3.11. The van der Waals surface area contributed by atoms with E-state index in [0.717, 1.165) is 37.8 Å². The van der Waals surface area contributed by atoms with Gasteiger partial charge in [0.05, 0.1) is 0 Å². The van der Waals surface area contributed by atoms with Gasteiger partial charge in [0.1, 0.15) is 5.82 Å². The SMILES string of the molecule is Cc1cc(CCCCCNC(C)(C)C)c(Cl)cc1F. The number of aryl methyl sites for hydroxylation is 2. The molecular weight excluding hydrogens is 261 g/mol. The lowest BCUT2D eigenvalue weighted by atomic mass is 10.0. The molecule has 3 heteroatoms. The van der Waals surface area contributed by atoms with Crippen molar-refractivity contribution >= 4 is 11.6 Å². The fraction of sp³-hybridized carbons (Fsp3) is 0.625. The molecule has 1 aromatic carbocycles. The normalized spacial score (nSPS) is 11.9. The molecule has 0 heterocycles. The number of unbranched alkanes of at least 4 members (excludes halogenated alkanes) is 2. The van der Waals surface area contributed by atoms with Crippen molar-refractivity contribution in [2.24, 2.45) is 0 Å². The van der Waals surface area contributed by atoms with E-state index in [1.807, 2.05) is 6.07 Å². The van der Waals surface area contributed by atoms with Crippen LogP contribution in [0.5, 0.6) is 0 Å². The van der Waals surface area contributed by atoms with Gasteiger partial charge in [0.2, 0.25) is 0 Å². The molecule has 1 aromatic rings. The van der Waals surface area contributed by atoms with Gasteiger partial charge in [0.25, 0.3) is 0 Å². The van der Waals surface area contributed by atoms with Crippen molar-refractivity contribution in [3.8, 4) is 0 Å². The van der Waals surface area contributed by atoms with E-state index in [4.69, 9.17) is 11.6 Å². The molecule has 0 unspecified atom stereocenters. The van der Waals surface area contributed by atoms with Gasteiger partial charge in [-0.05, 0) is 70.7 Å². The van der Waals surface area contributed by atoms with Gasteiger partial charge in [-0.2, -0.15) is 0 Å². The van der Waals surface area contributed by atoms with Crippen LogP contribution in [0.1, 0.15) is 51.2 Å². The molecule has 1 rings (SSSR count). The smallest absolute Gasteiger partial charge is 0.127 e. The quantitative estimate of drug-likeness (QED) is 0.734. The van der Waals surface area contributed by atoms with Gasteiger partial charge in [-0.25, -0.2) is 4.39 Å². The number of halogens is 2. The Labute approximate surface area is 121 Å². The van der Waals surface area contributed by atoms with Crippen molar-refractivity contribution in [3.63, 3.8) is 0 Å². The highest BCUT2D eigenvalue weighted by atomic mass is 35.5. The Balaban J connectivity index is 2.28. The summed E-state index contributed by atoms with van der Waals surface area (Å²) in [6.07, 6.45) is 4.34. The van der Waals surface area contributed by atoms with Gasteiger partial charge in [0.15, 0.2) is 0 Å². The molecule has 0 fully saturated rings. The first-order chi connectivity index (χ1) is 8.79. The molecule has 0 saturated heterocycles. The molecule has 0 aliphatic carbocycles. The van der Waals surface area contributed by atoms with Crippen LogP contribution in [0.15, 0.2) is 12.1 Å². The summed E-state index contributed by atoms with van der Waals surface area (Å²) in [5, 5.41) is 4.02. The average Bonchev–Trinajstić information content (AvgIpc) is 2.28. The van der Waals surface area contributed by atoms with Crippen LogP contribution < -0.4 is 5.32 Å². The zero-order chi connectivity index (χ0) is 14.5. The van der Waals surface area contributed by atoms with E-state index >= 15 is 0 Å². The Bertz CT molecular complexity index is 410. The fourth-order valence-electron chi connectivity index (χ4n) is 1.99. The van der Waals surface area contributed by atoms with Crippen LogP contribution in [0.2, 0.25) is 5.02 Å². The molecule has 0 aromatic heterocycles. The highest BCUT2D eigenvalue weighted by Crippen LogP contribution is 2.22. The Hall–Kier alpha value is -0.600. The largest absolute Gasteiger partial charge is 0.312 e. The highest BCUT2D eigenvalue weighted by molar-refractivity contribution is 6.31. The molecule has 0 amide bonds. The van der Waals surface area contributed by atoms with E-state index in [0.29, 0.717) is 10.6 Å². The van der Waals surface area contributed by atoms with Crippen molar-refractivity contribution in [2.75, 3.05) is 6.54 Å². The molecule has 0 saturated carbocycles. The topological polar surface area (TPSA) is 12.0 Å². The van der Waals surface area contributed by atoms with E-state index < -0.39 is 0 Å². The minimum Gasteiger partial charge on any atom is -0.312 e. The molecule has 0 aliphatic rings. The van der Waals surface area contributed by atoms with Crippen LogP contribution in [0.3, 0.4) is 0 Å².